The van der Waals surface area contributed by atoms with Gasteiger partial charge in [0.15, 0.2) is 0 Å². The van der Waals surface area contributed by atoms with Gasteiger partial charge in [-0.1, -0.05) is 0 Å². The molecule has 0 radical (unpaired) electrons. The number of amides is 4. The van der Waals surface area contributed by atoms with Gasteiger partial charge in [-0.15, -0.1) is 22.7 Å². The molecule has 0 aliphatic rings. The number of primary amides is 2. The quantitative estimate of drug-likeness (QED) is 0.380. The molecule has 20 heavy (non-hydrogen) atoms. The number of hydrogen-bond donors (Lipinski definition) is 4. The largest absolute Gasteiger partial charge is 0.350 e. The van der Waals surface area contributed by atoms with Crippen molar-refractivity contribution in [3.8, 4) is 9.75 Å². The van der Waals surface area contributed by atoms with Gasteiger partial charge in [0.05, 0.1) is 11.4 Å². The highest BCUT2D eigenvalue weighted by Crippen LogP contribution is 2.36. The summed E-state index contributed by atoms with van der Waals surface area (Å²) < 4.78 is 0. The van der Waals surface area contributed by atoms with E-state index in [1.54, 1.807) is 22.9 Å². The Bertz CT molecular complexity index is 595. The molecule has 8 N–H and O–H groups in total. The van der Waals surface area contributed by atoms with Crippen LogP contribution in [0.1, 0.15) is 0 Å². The number of nitrogens with zero attached hydrogens (tertiary/aromatic N) is 2. The molecule has 106 valence electrons. The molecular formula is C10H12N6O2S2. The molecular weight excluding hydrogens is 300 g/mol. The first kappa shape index (κ1) is 14.3. The zero-order chi connectivity index (χ0) is 14.9. The van der Waals surface area contributed by atoms with Crippen LogP contribution in [-0.4, -0.2) is 12.1 Å². The number of rotatable bonds is 3. The third-order valence-corrected chi connectivity index (χ3v) is 4.48. The van der Waals surface area contributed by atoms with E-state index in [4.69, 9.17) is 23.2 Å². The van der Waals surface area contributed by atoms with Gasteiger partial charge in [0.2, 0.25) is 0 Å². The Kier molecular flexibility index (Phi) is 3.90. The predicted octanol–water partition coefficient (Wildman–Crippen LogP) is 0.994. The predicted molar refractivity (Wildman–Crippen MR) is 80.1 cm³/mol. The Balaban J connectivity index is 2.25. The van der Waals surface area contributed by atoms with Gasteiger partial charge in [0.1, 0.15) is 0 Å². The van der Waals surface area contributed by atoms with Crippen LogP contribution in [0.15, 0.2) is 22.9 Å². The molecule has 0 atom stereocenters. The number of carbonyl (C=O) groups excluding carboxylic acids is 2. The van der Waals surface area contributed by atoms with Gasteiger partial charge in [-0.05, 0) is 12.1 Å². The molecule has 0 unspecified atom stereocenters. The van der Waals surface area contributed by atoms with Crippen LogP contribution in [0, 0.1) is 0 Å². The highest BCUT2D eigenvalue weighted by Gasteiger charge is 2.14. The second kappa shape index (κ2) is 5.46. The van der Waals surface area contributed by atoms with Crippen LogP contribution >= 0.6 is 22.7 Å². The smallest absolute Gasteiger partial charge is 0.333 e. The minimum Gasteiger partial charge on any atom is -0.350 e. The third kappa shape index (κ3) is 2.72. The lowest BCUT2D eigenvalue weighted by Gasteiger charge is -2.10. The van der Waals surface area contributed by atoms with Crippen LogP contribution in [-0.2, 0) is 0 Å². The van der Waals surface area contributed by atoms with Gasteiger partial charge >= 0.3 is 12.1 Å². The van der Waals surface area contributed by atoms with Crippen LogP contribution < -0.4 is 33.2 Å². The minimum atomic E-state index is -0.747. The van der Waals surface area contributed by atoms with Crippen molar-refractivity contribution >= 4 is 46.1 Å². The van der Waals surface area contributed by atoms with Crippen molar-refractivity contribution < 1.29 is 9.59 Å². The van der Waals surface area contributed by atoms with Crippen molar-refractivity contribution in [1.82, 2.24) is 0 Å². The van der Waals surface area contributed by atoms with E-state index in [2.05, 4.69) is 0 Å². The number of nitrogens with two attached hydrogens (primary N) is 4. The number of carbonyl (C=O) groups is 2. The summed E-state index contributed by atoms with van der Waals surface area (Å²) in [6, 6.07) is 1.94. The fraction of sp³-hybridized carbons (Fsp3) is 0. The van der Waals surface area contributed by atoms with E-state index >= 15 is 0 Å². The van der Waals surface area contributed by atoms with Gasteiger partial charge in [0, 0.05) is 20.5 Å². The van der Waals surface area contributed by atoms with Gasteiger partial charge in [0.25, 0.3) is 0 Å². The molecule has 2 aromatic rings. The van der Waals surface area contributed by atoms with Crippen molar-refractivity contribution in [2.75, 3.05) is 10.0 Å². The molecule has 0 saturated carbocycles. The molecule has 0 spiro atoms. The normalized spacial score (nSPS) is 10.3. The summed E-state index contributed by atoms with van der Waals surface area (Å²) in [6.45, 7) is 0. The molecule has 0 fully saturated rings. The third-order valence-electron chi connectivity index (χ3n) is 2.45. The van der Waals surface area contributed by atoms with Gasteiger partial charge in [-0.25, -0.2) is 31.3 Å². The first-order valence-corrected chi connectivity index (χ1v) is 7.02. The van der Waals surface area contributed by atoms with Gasteiger partial charge < -0.3 is 11.5 Å². The van der Waals surface area contributed by atoms with E-state index in [9.17, 15) is 9.59 Å². The number of thiophene rings is 2. The molecule has 4 amide bonds. The van der Waals surface area contributed by atoms with Crippen molar-refractivity contribution in [3.63, 3.8) is 0 Å². The number of anilines is 2. The molecule has 0 saturated heterocycles. The maximum Gasteiger partial charge on any atom is 0.333 e. The van der Waals surface area contributed by atoms with E-state index < -0.39 is 12.1 Å². The first-order valence-electron chi connectivity index (χ1n) is 5.26. The van der Waals surface area contributed by atoms with Crippen molar-refractivity contribution in [1.29, 1.82) is 0 Å². The average Bonchev–Trinajstić information content (AvgIpc) is 3.05. The van der Waals surface area contributed by atoms with Crippen molar-refractivity contribution in [2.24, 2.45) is 23.2 Å². The minimum absolute atomic E-state index is 0.493. The van der Waals surface area contributed by atoms with Crippen LogP contribution in [0.4, 0.5) is 21.0 Å². The summed E-state index contributed by atoms with van der Waals surface area (Å²) in [5, 5.41) is 5.11. The Labute approximate surface area is 122 Å². The lowest BCUT2D eigenvalue weighted by atomic mass is 10.3. The second-order valence-electron chi connectivity index (χ2n) is 3.75. The lowest BCUT2D eigenvalue weighted by Crippen LogP contribution is -2.41. The van der Waals surface area contributed by atoms with E-state index in [1.807, 2.05) is 0 Å². The standard InChI is InChI=1S/C10H12N6O2S2/c11-9(17)15(13)5-1-7(19-3-5)8-2-6(4-20-8)16(14)10(12)18/h1-4H,13-14H2,(H2,11,17)(H2,12,18). The topological polar surface area (TPSA) is 145 Å². The Morgan fingerprint density at radius 3 is 1.50 bits per heavy atom. The van der Waals surface area contributed by atoms with Crippen LogP contribution in [0.5, 0.6) is 0 Å². The maximum absolute atomic E-state index is 11.0. The molecule has 10 heteroatoms. The fourth-order valence-electron chi connectivity index (χ4n) is 1.42. The zero-order valence-corrected chi connectivity index (χ0v) is 11.8. The molecule has 8 nitrogen and oxygen atoms in total. The first-order chi connectivity index (χ1) is 9.40. The van der Waals surface area contributed by atoms with E-state index in [0.717, 1.165) is 19.8 Å². The Morgan fingerprint density at radius 1 is 0.850 bits per heavy atom. The number of hydrazine groups is 2. The van der Waals surface area contributed by atoms with Gasteiger partial charge in [-0.3, -0.25) is 0 Å². The Hall–Kier alpha value is -2.14. The average molecular weight is 312 g/mol. The summed E-state index contributed by atoms with van der Waals surface area (Å²) in [5.74, 6) is 11.0. The summed E-state index contributed by atoms with van der Waals surface area (Å²) in [5.41, 5.74) is 11.2. The zero-order valence-electron chi connectivity index (χ0n) is 10.1. The van der Waals surface area contributed by atoms with E-state index in [-0.39, 0.29) is 0 Å². The molecule has 0 aliphatic heterocycles. The van der Waals surface area contributed by atoms with E-state index in [1.165, 1.54) is 22.7 Å². The van der Waals surface area contributed by atoms with Crippen LogP contribution in [0.3, 0.4) is 0 Å². The SMILES string of the molecule is NC(=O)N(N)c1csc(-c2cc(N(N)C(N)=O)cs2)c1. The van der Waals surface area contributed by atoms with Crippen LogP contribution in [0.25, 0.3) is 9.75 Å². The monoisotopic (exact) mass is 312 g/mol. The van der Waals surface area contributed by atoms with Gasteiger partial charge in [-0.2, -0.15) is 0 Å². The van der Waals surface area contributed by atoms with E-state index in [0.29, 0.717) is 11.4 Å². The molecule has 0 bridgehead atoms. The number of urea groups is 2. The maximum atomic E-state index is 11.0. The summed E-state index contributed by atoms with van der Waals surface area (Å²) in [6.07, 6.45) is 0. The molecule has 2 heterocycles. The lowest BCUT2D eigenvalue weighted by molar-refractivity contribution is 0.253. The highest BCUT2D eigenvalue weighted by atomic mass is 32.1. The number of hydrogen-bond acceptors (Lipinski definition) is 6. The molecule has 0 aliphatic carbocycles. The second-order valence-corrected chi connectivity index (χ2v) is 5.58. The fourth-order valence-corrected chi connectivity index (χ4v) is 3.29. The Morgan fingerprint density at radius 2 is 1.20 bits per heavy atom. The highest BCUT2D eigenvalue weighted by molar-refractivity contribution is 7.20. The van der Waals surface area contributed by atoms with Crippen molar-refractivity contribution in [2.45, 2.75) is 0 Å². The summed E-state index contributed by atoms with van der Waals surface area (Å²) in [7, 11) is 0. The summed E-state index contributed by atoms with van der Waals surface area (Å²) in [4.78, 5) is 23.7. The molecule has 2 aromatic heterocycles. The molecule has 0 aromatic carbocycles. The van der Waals surface area contributed by atoms with Crippen LogP contribution in [0.2, 0.25) is 0 Å². The summed E-state index contributed by atoms with van der Waals surface area (Å²) >= 11 is 2.77. The van der Waals surface area contributed by atoms with Crippen molar-refractivity contribution in [3.05, 3.63) is 22.9 Å². The molecule has 2 rings (SSSR count).